The molecule has 8 heteroatoms. The molecule has 1 saturated heterocycles. The van der Waals surface area contributed by atoms with Gasteiger partial charge < -0.3 is 19.9 Å². The van der Waals surface area contributed by atoms with E-state index < -0.39 is 0 Å². The second-order valence-electron chi connectivity index (χ2n) is 6.35. The van der Waals surface area contributed by atoms with Crippen molar-refractivity contribution in [3.05, 3.63) is 59.7 Å². The van der Waals surface area contributed by atoms with Crippen LogP contribution in [0.3, 0.4) is 0 Å². The van der Waals surface area contributed by atoms with Gasteiger partial charge in [0.1, 0.15) is 11.5 Å². The van der Waals surface area contributed by atoms with Crippen LogP contribution >= 0.6 is 0 Å². The molecule has 1 aliphatic heterocycles. The maximum atomic E-state index is 13.7. The Bertz CT molecular complexity index is 838. The second-order valence-corrected chi connectivity index (χ2v) is 6.35. The van der Waals surface area contributed by atoms with Crippen molar-refractivity contribution in [2.45, 2.75) is 13.5 Å². The molecule has 0 saturated carbocycles. The molecule has 7 nitrogen and oxygen atoms in total. The maximum Gasteiger partial charge on any atom is 0.409 e. The third kappa shape index (κ3) is 4.76. The van der Waals surface area contributed by atoms with E-state index in [1.807, 2.05) is 6.07 Å². The fourth-order valence-corrected chi connectivity index (χ4v) is 3.01. The Morgan fingerprint density at radius 3 is 2.64 bits per heavy atom. The Kier molecular flexibility index (Phi) is 6.41. The van der Waals surface area contributed by atoms with E-state index in [4.69, 9.17) is 4.74 Å². The average Bonchev–Trinajstić information content (AvgIpc) is 2.73. The van der Waals surface area contributed by atoms with E-state index in [1.54, 1.807) is 42.3 Å². The molecule has 0 radical (unpaired) electrons. The number of benzene rings is 1. The lowest BCUT2D eigenvalue weighted by molar-refractivity contribution is 0.0945. The first kappa shape index (κ1) is 19.6. The standard InChI is InChI=1S/C20H23FN4O3/c1-2-28-20(27)25-11-9-24(10-12-25)16-7-8-22-18(13-16)19(26)23-14-15-5-3-4-6-17(15)21/h3-8,13H,2,9-12,14H2,1H3,(H,23,26). The van der Waals surface area contributed by atoms with Crippen LogP contribution in [0.4, 0.5) is 14.9 Å². The molecule has 2 heterocycles. The first-order chi connectivity index (χ1) is 13.6. The number of carbonyl (C=O) groups excluding carboxylic acids is 2. The molecule has 1 aromatic heterocycles. The molecule has 0 atom stereocenters. The van der Waals surface area contributed by atoms with Crippen LogP contribution in [0.5, 0.6) is 0 Å². The van der Waals surface area contributed by atoms with E-state index in [1.165, 1.54) is 6.07 Å². The van der Waals surface area contributed by atoms with Gasteiger partial charge in [-0.25, -0.2) is 9.18 Å². The van der Waals surface area contributed by atoms with Crippen molar-refractivity contribution in [3.63, 3.8) is 0 Å². The minimum absolute atomic E-state index is 0.0929. The summed E-state index contributed by atoms with van der Waals surface area (Å²) < 4.78 is 18.7. The number of hydrogen-bond acceptors (Lipinski definition) is 5. The monoisotopic (exact) mass is 386 g/mol. The second kappa shape index (κ2) is 9.16. The quantitative estimate of drug-likeness (QED) is 0.854. The minimum Gasteiger partial charge on any atom is -0.450 e. The number of ether oxygens (including phenoxy) is 1. The lowest BCUT2D eigenvalue weighted by Crippen LogP contribution is -2.49. The fourth-order valence-electron chi connectivity index (χ4n) is 3.01. The number of rotatable bonds is 5. The third-order valence-electron chi connectivity index (χ3n) is 4.54. The normalized spacial score (nSPS) is 13.9. The summed E-state index contributed by atoms with van der Waals surface area (Å²) in [5.41, 5.74) is 1.54. The van der Waals surface area contributed by atoms with Crippen LogP contribution in [0.25, 0.3) is 0 Å². The summed E-state index contributed by atoms with van der Waals surface area (Å²) in [7, 11) is 0. The van der Waals surface area contributed by atoms with Gasteiger partial charge >= 0.3 is 6.09 Å². The van der Waals surface area contributed by atoms with Gasteiger partial charge in [-0.05, 0) is 25.1 Å². The van der Waals surface area contributed by atoms with Crippen molar-refractivity contribution in [1.29, 1.82) is 0 Å². The Morgan fingerprint density at radius 1 is 1.18 bits per heavy atom. The lowest BCUT2D eigenvalue weighted by Gasteiger charge is -2.35. The predicted molar refractivity (Wildman–Crippen MR) is 103 cm³/mol. The maximum absolute atomic E-state index is 13.7. The van der Waals surface area contributed by atoms with Gasteiger partial charge in [0, 0.05) is 50.2 Å². The largest absolute Gasteiger partial charge is 0.450 e. The highest BCUT2D eigenvalue weighted by molar-refractivity contribution is 5.93. The smallest absolute Gasteiger partial charge is 0.409 e. The topological polar surface area (TPSA) is 74.8 Å². The molecule has 2 aromatic rings. The van der Waals surface area contributed by atoms with E-state index in [0.717, 1.165) is 5.69 Å². The highest BCUT2D eigenvalue weighted by atomic mass is 19.1. The van der Waals surface area contributed by atoms with Crippen LogP contribution in [0.15, 0.2) is 42.6 Å². The van der Waals surface area contributed by atoms with Crippen LogP contribution in [0, 0.1) is 5.82 Å². The van der Waals surface area contributed by atoms with Gasteiger partial charge in [0.25, 0.3) is 5.91 Å². The van der Waals surface area contributed by atoms with Crippen LogP contribution in [0.1, 0.15) is 23.0 Å². The number of nitrogens with one attached hydrogen (secondary N) is 1. The highest BCUT2D eigenvalue weighted by Crippen LogP contribution is 2.17. The summed E-state index contributed by atoms with van der Waals surface area (Å²) in [5, 5.41) is 2.69. The zero-order chi connectivity index (χ0) is 19.9. The summed E-state index contributed by atoms with van der Waals surface area (Å²) in [6, 6.07) is 9.84. The molecule has 0 unspecified atom stereocenters. The molecule has 0 spiro atoms. The summed E-state index contributed by atoms with van der Waals surface area (Å²) in [4.78, 5) is 32.1. The van der Waals surface area contributed by atoms with E-state index in [0.29, 0.717) is 38.3 Å². The summed E-state index contributed by atoms with van der Waals surface area (Å²) in [5.74, 6) is -0.723. The van der Waals surface area contributed by atoms with Gasteiger partial charge in [-0.3, -0.25) is 9.78 Å². The molecule has 1 aromatic carbocycles. The number of pyridine rings is 1. The number of carbonyl (C=O) groups is 2. The van der Waals surface area contributed by atoms with Crippen molar-refractivity contribution < 1.29 is 18.7 Å². The van der Waals surface area contributed by atoms with E-state index in [9.17, 15) is 14.0 Å². The number of amides is 2. The molecule has 28 heavy (non-hydrogen) atoms. The summed E-state index contributed by atoms with van der Waals surface area (Å²) in [6.45, 7) is 4.61. The van der Waals surface area contributed by atoms with Gasteiger partial charge in [0.15, 0.2) is 0 Å². The minimum atomic E-state index is -0.365. The van der Waals surface area contributed by atoms with Crippen molar-refractivity contribution in [2.75, 3.05) is 37.7 Å². The molecular weight excluding hydrogens is 363 g/mol. The van der Waals surface area contributed by atoms with Crippen molar-refractivity contribution >= 4 is 17.7 Å². The number of anilines is 1. The Morgan fingerprint density at radius 2 is 1.93 bits per heavy atom. The zero-order valence-corrected chi connectivity index (χ0v) is 15.7. The predicted octanol–water partition coefficient (Wildman–Crippen LogP) is 2.43. The number of nitrogens with zero attached hydrogens (tertiary/aromatic N) is 3. The summed E-state index contributed by atoms with van der Waals surface area (Å²) >= 11 is 0. The van der Waals surface area contributed by atoms with Crippen molar-refractivity contribution in [1.82, 2.24) is 15.2 Å². The van der Waals surface area contributed by atoms with Crippen LogP contribution in [-0.4, -0.2) is 54.7 Å². The van der Waals surface area contributed by atoms with Gasteiger partial charge in [0.05, 0.1) is 6.61 Å². The van der Waals surface area contributed by atoms with E-state index >= 15 is 0 Å². The van der Waals surface area contributed by atoms with Gasteiger partial charge in [0.2, 0.25) is 0 Å². The van der Waals surface area contributed by atoms with Gasteiger partial charge in [-0.2, -0.15) is 0 Å². The lowest BCUT2D eigenvalue weighted by atomic mass is 10.2. The fraction of sp³-hybridized carbons (Fsp3) is 0.350. The molecule has 1 fully saturated rings. The van der Waals surface area contributed by atoms with Crippen LogP contribution in [-0.2, 0) is 11.3 Å². The molecule has 1 aliphatic rings. The molecule has 1 N–H and O–H groups in total. The van der Waals surface area contributed by atoms with E-state index in [-0.39, 0.29) is 30.1 Å². The number of aromatic nitrogens is 1. The zero-order valence-electron chi connectivity index (χ0n) is 15.7. The molecule has 3 rings (SSSR count). The third-order valence-corrected chi connectivity index (χ3v) is 4.54. The van der Waals surface area contributed by atoms with Crippen LogP contribution < -0.4 is 10.2 Å². The molecular formula is C20H23FN4O3. The van der Waals surface area contributed by atoms with Gasteiger partial charge in [-0.1, -0.05) is 18.2 Å². The first-order valence-electron chi connectivity index (χ1n) is 9.22. The van der Waals surface area contributed by atoms with Crippen molar-refractivity contribution in [3.8, 4) is 0 Å². The average molecular weight is 386 g/mol. The SMILES string of the molecule is CCOC(=O)N1CCN(c2ccnc(C(=O)NCc3ccccc3F)c2)CC1. The van der Waals surface area contributed by atoms with Crippen molar-refractivity contribution in [2.24, 2.45) is 0 Å². The number of hydrogen-bond donors (Lipinski definition) is 1. The van der Waals surface area contributed by atoms with E-state index in [2.05, 4.69) is 15.2 Å². The Hall–Kier alpha value is -3.16. The molecule has 0 bridgehead atoms. The molecule has 2 amide bonds. The van der Waals surface area contributed by atoms with Gasteiger partial charge in [-0.15, -0.1) is 0 Å². The first-order valence-corrected chi connectivity index (χ1v) is 9.22. The Labute approximate surface area is 163 Å². The highest BCUT2D eigenvalue weighted by Gasteiger charge is 2.22. The number of piperazine rings is 1. The summed E-state index contributed by atoms with van der Waals surface area (Å²) in [6.07, 6.45) is 1.27. The molecule has 148 valence electrons. The molecule has 0 aliphatic carbocycles. The Balaban J connectivity index is 1.59. The number of halogens is 1. The van der Waals surface area contributed by atoms with Crippen LogP contribution in [0.2, 0.25) is 0 Å².